The number of likely N-dealkylation sites (tertiary alicyclic amines) is 1. The fourth-order valence-electron chi connectivity index (χ4n) is 4.22. The van der Waals surface area contributed by atoms with Crippen molar-refractivity contribution in [2.45, 2.75) is 51.7 Å². The Morgan fingerprint density at radius 2 is 2.03 bits per heavy atom. The first-order valence-electron chi connectivity index (χ1n) is 10.7. The van der Waals surface area contributed by atoms with E-state index in [1.807, 2.05) is 53.0 Å². The Balaban J connectivity index is 1.20. The van der Waals surface area contributed by atoms with Gasteiger partial charge in [-0.1, -0.05) is 23.4 Å². The molecule has 0 atom stereocenters. The minimum atomic E-state index is -0.303. The van der Waals surface area contributed by atoms with Crippen LogP contribution < -0.4 is 4.74 Å². The van der Waals surface area contributed by atoms with Gasteiger partial charge in [-0.2, -0.15) is 5.10 Å². The Kier molecular flexibility index (Phi) is 5.19. The van der Waals surface area contributed by atoms with Crippen LogP contribution in [0.5, 0.6) is 5.75 Å². The summed E-state index contributed by atoms with van der Waals surface area (Å²) < 4.78 is 15.9. The summed E-state index contributed by atoms with van der Waals surface area (Å²) in [4.78, 5) is 14.7. The van der Waals surface area contributed by atoms with Crippen molar-refractivity contribution < 1.29 is 14.3 Å². The van der Waals surface area contributed by atoms with Crippen LogP contribution in [0.1, 0.15) is 41.5 Å². The number of amides is 1. The van der Waals surface area contributed by atoms with E-state index >= 15 is 0 Å². The van der Waals surface area contributed by atoms with Gasteiger partial charge >= 0.3 is 0 Å². The standard InChI is InChI=1S/C22H26N6O3/c1-2-27-13-17(12-23-27)21(29)26-10-8-22(9-11-26)16-28-20(15-31-22)19(24-25-28)14-30-18-6-4-3-5-7-18/h3-7,12-13H,2,8-11,14-16H2,1H3. The van der Waals surface area contributed by atoms with Crippen molar-refractivity contribution in [3.63, 3.8) is 0 Å². The van der Waals surface area contributed by atoms with Crippen LogP contribution in [0.3, 0.4) is 0 Å². The van der Waals surface area contributed by atoms with E-state index < -0.39 is 0 Å². The number of piperidine rings is 1. The number of nitrogens with zero attached hydrogens (tertiary/aromatic N) is 6. The molecule has 31 heavy (non-hydrogen) atoms. The molecular formula is C22H26N6O3. The number of fused-ring (bicyclic) bond motifs is 1. The molecule has 0 radical (unpaired) electrons. The van der Waals surface area contributed by atoms with Gasteiger partial charge in [0.1, 0.15) is 18.1 Å². The lowest BCUT2D eigenvalue weighted by atomic mass is 9.89. The number of carbonyl (C=O) groups is 1. The van der Waals surface area contributed by atoms with Crippen LogP contribution in [-0.4, -0.2) is 54.3 Å². The molecule has 1 amide bonds. The number of carbonyl (C=O) groups excluding carboxylic acids is 1. The van der Waals surface area contributed by atoms with Crippen molar-refractivity contribution >= 4 is 5.91 Å². The zero-order valence-electron chi connectivity index (χ0n) is 17.6. The minimum absolute atomic E-state index is 0.0344. The average Bonchev–Trinajstić information content (AvgIpc) is 3.45. The molecule has 3 aromatic rings. The van der Waals surface area contributed by atoms with E-state index in [4.69, 9.17) is 9.47 Å². The maximum Gasteiger partial charge on any atom is 0.257 e. The van der Waals surface area contributed by atoms with E-state index in [-0.39, 0.29) is 11.5 Å². The first kappa shape index (κ1) is 19.7. The molecule has 2 aromatic heterocycles. The smallest absolute Gasteiger partial charge is 0.257 e. The van der Waals surface area contributed by atoms with Crippen LogP contribution in [-0.2, 0) is 31.0 Å². The number of para-hydroxylation sites is 1. The van der Waals surface area contributed by atoms with Crippen molar-refractivity contribution in [3.8, 4) is 5.75 Å². The highest BCUT2D eigenvalue weighted by Gasteiger charge is 2.41. The molecule has 0 aliphatic carbocycles. The average molecular weight is 422 g/mol. The van der Waals surface area contributed by atoms with Crippen LogP contribution in [0.15, 0.2) is 42.7 Å². The lowest BCUT2D eigenvalue weighted by Crippen LogP contribution is -2.52. The van der Waals surface area contributed by atoms with Gasteiger partial charge in [0.05, 0.1) is 36.2 Å². The normalized spacial score (nSPS) is 17.5. The Bertz CT molecular complexity index is 1050. The predicted octanol–water partition coefficient (Wildman–Crippen LogP) is 2.28. The summed E-state index contributed by atoms with van der Waals surface area (Å²) in [7, 11) is 0. The summed E-state index contributed by atoms with van der Waals surface area (Å²) >= 11 is 0. The van der Waals surface area contributed by atoms with Crippen LogP contribution >= 0.6 is 0 Å². The van der Waals surface area contributed by atoms with Gasteiger partial charge in [-0.15, -0.1) is 5.10 Å². The van der Waals surface area contributed by atoms with Gasteiger partial charge in [-0.05, 0) is 31.9 Å². The number of rotatable bonds is 5. The quantitative estimate of drug-likeness (QED) is 0.627. The summed E-state index contributed by atoms with van der Waals surface area (Å²) in [5.74, 6) is 0.839. The number of aromatic nitrogens is 5. The third-order valence-electron chi connectivity index (χ3n) is 6.16. The molecule has 9 nitrogen and oxygen atoms in total. The Hall–Kier alpha value is -3.20. The molecule has 0 N–H and O–H groups in total. The van der Waals surface area contributed by atoms with E-state index in [1.54, 1.807) is 10.9 Å². The van der Waals surface area contributed by atoms with Gasteiger partial charge in [0.2, 0.25) is 0 Å². The first-order chi connectivity index (χ1) is 15.2. The summed E-state index contributed by atoms with van der Waals surface area (Å²) in [6.45, 7) is 5.54. The van der Waals surface area contributed by atoms with E-state index in [1.165, 1.54) is 0 Å². The Morgan fingerprint density at radius 3 is 2.77 bits per heavy atom. The van der Waals surface area contributed by atoms with Gasteiger partial charge in [-0.25, -0.2) is 4.68 Å². The molecule has 5 rings (SSSR count). The van der Waals surface area contributed by atoms with Crippen LogP contribution in [0, 0.1) is 0 Å². The maximum atomic E-state index is 12.8. The highest BCUT2D eigenvalue weighted by molar-refractivity contribution is 5.93. The monoisotopic (exact) mass is 422 g/mol. The van der Waals surface area contributed by atoms with Crippen molar-refractivity contribution in [1.29, 1.82) is 0 Å². The maximum absolute atomic E-state index is 12.8. The molecule has 1 saturated heterocycles. The molecule has 0 bridgehead atoms. The molecule has 1 fully saturated rings. The molecule has 9 heteroatoms. The summed E-state index contributed by atoms with van der Waals surface area (Å²) in [6, 6.07) is 9.68. The lowest BCUT2D eigenvalue weighted by molar-refractivity contribution is -0.120. The third-order valence-corrected chi connectivity index (χ3v) is 6.16. The van der Waals surface area contributed by atoms with Crippen LogP contribution in [0.4, 0.5) is 0 Å². The molecule has 0 unspecified atom stereocenters. The SMILES string of the molecule is CCn1cc(C(=O)N2CCC3(CC2)Cn2nnc(COc4ccccc4)c2CO3)cn1. The van der Waals surface area contributed by atoms with E-state index in [0.717, 1.165) is 36.5 Å². The first-order valence-corrected chi connectivity index (χ1v) is 10.7. The fourth-order valence-corrected chi connectivity index (χ4v) is 4.22. The van der Waals surface area contributed by atoms with Crippen molar-refractivity contribution in [1.82, 2.24) is 29.7 Å². The van der Waals surface area contributed by atoms with Gasteiger partial charge in [0.15, 0.2) is 0 Å². The van der Waals surface area contributed by atoms with E-state index in [9.17, 15) is 4.79 Å². The summed E-state index contributed by atoms with van der Waals surface area (Å²) in [5.41, 5.74) is 2.11. The molecule has 2 aliphatic rings. The highest BCUT2D eigenvalue weighted by Crippen LogP contribution is 2.34. The Labute approximate surface area is 180 Å². The number of benzene rings is 1. The summed E-state index contributed by atoms with van der Waals surface area (Å²) in [5, 5.41) is 12.9. The molecular weight excluding hydrogens is 396 g/mol. The second-order valence-electron chi connectivity index (χ2n) is 8.09. The second kappa shape index (κ2) is 8.14. The zero-order chi connectivity index (χ0) is 21.3. The lowest BCUT2D eigenvalue weighted by Gasteiger charge is -2.43. The molecule has 0 saturated carbocycles. The molecule has 162 valence electrons. The summed E-state index contributed by atoms with van der Waals surface area (Å²) in [6.07, 6.45) is 5.00. The molecule has 1 spiro atoms. The number of hydrogen-bond donors (Lipinski definition) is 0. The number of aryl methyl sites for hydroxylation is 1. The molecule has 2 aliphatic heterocycles. The number of hydrogen-bond acceptors (Lipinski definition) is 6. The molecule has 4 heterocycles. The predicted molar refractivity (Wildman–Crippen MR) is 111 cm³/mol. The third kappa shape index (κ3) is 3.93. The largest absolute Gasteiger partial charge is 0.487 e. The second-order valence-corrected chi connectivity index (χ2v) is 8.09. The number of ether oxygens (including phenoxy) is 2. The van der Waals surface area contributed by atoms with Crippen molar-refractivity contribution in [3.05, 3.63) is 59.7 Å². The van der Waals surface area contributed by atoms with Gasteiger partial charge in [0.25, 0.3) is 5.91 Å². The van der Waals surface area contributed by atoms with Crippen molar-refractivity contribution in [2.24, 2.45) is 0 Å². The van der Waals surface area contributed by atoms with Crippen LogP contribution in [0.25, 0.3) is 0 Å². The van der Waals surface area contributed by atoms with Gasteiger partial charge in [-0.3, -0.25) is 9.48 Å². The van der Waals surface area contributed by atoms with Gasteiger partial charge < -0.3 is 14.4 Å². The van der Waals surface area contributed by atoms with Crippen LogP contribution in [0.2, 0.25) is 0 Å². The van der Waals surface area contributed by atoms with Gasteiger partial charge in [0, 0.05) is 25.8 Å². The van der Waals surface area contributed by atoms with E-state index in [2.05, 4.69) is 15.4 Å². The molecule has 1 aromatic carbocycles. The Morgan fingerprint density at radius 1 is 1.23 bits per heavy atom. The van der Waals surface area contributed by atoms with Crippen molar-refractivity contribution in [2.75, 3.05) is 13.1 Å². The fraction of sp³-hybridized carbons (Fsp3) is 0.455. The minimum Gasteiger partial charge on any atom is -0.487 e. The topological polar surface area (TPSA) is 87.3 Å². The van der Waals surface area contributed by atoms with E-state index in [0.29, 0.717) is 38.4 Å². The zero-order valence-corrected chi connectivity index (χ0v) is 17.6. The highest BCUT2D eigenvalue weighted by atomic mass is 16.5.